The largest absolute Gasteiger partial charge is 0.468 e. The molecule has 1 aromatic carbocycles. The molecule has 1 aromatic rings. The minimum Gasteiger partial charge on any atom is -0.468 e. The molecule has 1 aliphatic carbocycles. The smallest absolute Gasteiger partial charge is 0.325 e. The molecule has 0 aromatic heterocycles. The zero-order valence-corrected chi connectivity index (χ0v) is 14.2. The average molecular weight is 358 g/mol. The van der Waals surface area contributed by atoms with Crippen LogP contribution in [-0.4, -0.2) is 30.4 Å². The lowest BCUT2D eigenvalue weighted by molar-refractivity contribution is -0.148. The van der Waals surface area contributed by atoms with E-state index in [9.17, 15) is 4.79 Å². The maximum Gasteiger partial charge on any atom is 0.325 e. The molecule has 110 valence electrons. The number of carbonyl (C=O) groups is 1. The molecular weight excluding hydrogens is 338 g/mol. The molecule has 1 aliphatic rings. The van der Waals surface area contributed by atoms with Crippen molar-refractivity contribution < 1.29 is 9.53 Å². The van der Waals surface area contributed by atoms with Crippen molar-refractivity contribution >= 4 is 33.7 Å². The Hall–Kier alpha value is -0.520. The van der Waals surface area contributed by atoms with Crippen LogP contribution in [0.1, 0.15) is 26.2 Å². The van der Waals surface area contributed by atoms with E-state index in [-0.39, 0.29) is 5.97 Å². The Kier molecular flexibility index (Phi) is 5.52. The molecule has 0 bridgehead atoms. The van der Waals surface area contributed by atoms with Gasteiger partial charge >= 0.3 is 5.97 Å². The second kappa shape index (κ2) is 6.96. The topological polar surface area (TPSA) is 38.3 Å². The Bertz CT molecular complexity index is 479. The van der Waals surface area contributed by atoms with E-state index < -0.39 is 5.54 Å². The van der Waals surface area contributed by atoms with E-state index in [2.05, 4.69) is 27.3 Å². The van der Waals surface area contributed by atoms with Crippen molar-refractivity contribution in [1.82, 2.24) is 5.32 Å². The van der Waals surface area contributed by atoms with Crippen LogP contribution in [0.4, 0.5) is 0 Å². The van der Waals surface area contributed by atoms with E-state index >= 15 is 0 Å². The highest BCUT2D eigenvalue weighted by Crippen LogP contribution is 2.30. The Morgan fingerprint density at radius 2 is 2.20 bits per heavy atom. The Balaban J connectivity index is 1.91. The van der Waals surface area contributed by atoms with Gasteiger partial charge in [0, 0.05) is 21.2 Å². The van der Waals surface area contributed by atoms with Crippen LogP contribution >= 0.6 is 27.7 Å². The number of hydrogen-bond donors (Lipinski definition) is 1. The summed E-state index contributed by atoms with van der Waals surface area (Å²) in [4.78, 5) is 13.2. The summed E-state index contributed by atoms with van der Waals surface area (Å²) in [5.74, 6) is 0.700. The first-order valence-electron chi connectivity index (χ1n) is 6.78. The number of thioether (sulfide) groups is 1. The van der Waals surface area contributed by atoms with Crippen molar-refractivity contribution in [3.8, 4) is 0 Å². The van der Waals surface area contributed by atoms with Gasteiger partial charge in [-0.25, -0.2) is 0 Å². The fourth-order valence-corrected chi connectivity index (χ4v) is 3.80. The van der Waals surface area contributed by atoms with Gasteiger partial charge in [-0.1, -0.05) is 12.1 Å². The van der Waals surface area contributed by atoms with Gasteiger partial charge in [0.25, 0.3) is 0 Å². The van der Waals surface area contributed by atoms with Crippen molar-refractivity contribution in [3.63, 3.8) is 0 Å². The van der Waals surface area contributed by atoms with E-state index in [1.165, 1.54) is 12.0 Å². The van der Waals surface area contributed by atoms with Gasteiger partial charge in [0.1, 0.15) is 5.54 Å². The Labute approximate surface area is 133 Å². The van der Waals surface area contributed by atoms with E-state index in [0.29, 0.717) is 6.04 Å². The monoisotopic (exact) mass is 357 g/mol. The molecule has 0 spiro atoms. The number of hydrogen-bond acceptors (Lipinski definition) is 4. The van der Waals surface area contributed by atoms with Gasteiger partial charge in [0.15, 0.2) is 0 Å². The molecule has 3 nitrogen and oxygen atoms in total. The van der Waals surface area contributed by atoms with Crippen molar-refractivity contribution in [2.75, 3.05) is 12.9 Å². The van der Waals surface area contributed by atoms with Gasteiger partial charge in [0.2, 0.25) is 0 Å². The minimum absolute atomic E-state index is 0.169. The number of esters is 1. The summed E-state index contributed by atoms with van der Waals surface area (Å²) in [5, 5.41) is 3.42. The summed E-state index contributed by atoms with van der Waals surface area (Å²) >= 11 is 5.30. The normalized spacial score (nSPS) is 17.6. The third-order valence-electron chi connectivity index (χ3n) is 3.43. The first-order chi connectivity index (χ1) is 9.55. The lowest BCUT2D eigenvalue weighted by Gasteiger charge is -2.28. The average Bonchev–Trinajstić information content (AvgIpc) is 3.23. The predicted octanol–water partition coefficient (Wildman–Crippen LogP) is 3.62. The molecule has 1 fully saturated rings. The fourth-order valence-electron chi connectivity index (χ4n) is 2.06. The number of nitrogens with one attached hydrogen (secondary N) is 1. The molecule has 1 unspecified atom stereocenters. The highest BCUT2D eigenvalue weighted by atomic mass is 79.9. The van der Waals surface area contributed by atoms with Crippen LogP contribution in [0, 0.1) is 0 Å². The van der Waals surface area contributed by atoms with E-state index in [0.717, 1.165) is 29.5 Å². The lowest BCUT2D eigenvalue weighted by Crippen LogP contribution is -2.51. The minimum atomic E-state index is -0.579. The van der Waals surface area contributed by atoms with Crippen LogP contribution in [0.5, 0.6) is 0 Å². The number of methoxy groups -OCH3 is 1. The quantitative estimate of drug-likeness (QED) is 0.597. The molecule has 0 heterocycles. The molecule has 1 N–H and O–H groups in total. The van der Waals surface area contributed by atoms with Gasteiger partial charge in [-0.15, -0.1) is 11.8 Å². The molecule has 1 saturated carbocycles. The Morgan fingerprint density at radius 3 is 2.80 bits per heavy atom. The van der Waals surface area contributed by atoms with E-state index in [1.807, 2.05) is 25.1 Å². The second-order valence-electron chi connectivity index (χ2n) is 5.27. The van der Waals surface area contributed by atoms with Crippen molar-refractivity contribution in [3.05, 3.63) is 28.7 Å². The van der Waals surface area contributed by atoms with Gasteiger partial charge in [-0.2, -0.15) is 0 Å². The van der Waals surface area contributed by atoms with E-state index in [1.54, 1.807) is 11.8 Å². The maximum absolute atomic E-state index is 12.0. The SMILES string of the molecule is COC(=O)C(C)(CCSc1ccccc1Br)NC1CC1. The number of benzene rings is 1. The standard InChI is InChI=1S/C15H20BrNO2S/c1-15(14(18)19-2,17-11-7-8-11)9-10-20-13-6-4-3-5-12(13)16/h3-6,11,17H,7-10H2,1-2H3. The van der Waals surface area contributed by atoms with Gasteiger partial charge in [-0.05, 0) is 54.2 Å². The van der Waals surface area contributed by atoms with Crippen LogP contribution < -0.4 is 5.32 Å². The lowest BCUT2D eigenvalue weighted by atomic mass is 9.99. The third-order valence-corrected chi connectivity index (χ3v) is 5.46. The summed E-state index contributed by atoms with van der Waals surface area (Å²) < 4.78 is 6.05. The second-order valence-corrected chi connectivity index (χ2v) is 7.26. The molecule has 0 amide bonds. The molecule has 2 rings (SSSR count). The summed E-state index contributed by atoms with van der Waals surface area (Å²) in [7, 11) is 1.45. The van der Waals surface area contributed by atoms with Crippen LogP contribution in [0.25, 0.3) is 0 Å². The van der Waals surface area contributed by atoms with Crippen LogP contribution in [-0.2, 0) is 9.53 Å². The Morgan fingerprint density at radius 1 is 1.50 bits per heavy atom. The highest BCUT2D eigenvalue weighted by Gasteiger charge is 2.38. The molecular formula is C15H20BrNO2S. The van der Waals surface area contributed by atoms with Crippen LogP contribution in [0.3, 0.4) is 0 Å². The molecule has 0 aliphatic heterocycles. The van der Waals surface area contributed by atoms with Crippen LogP contribution in [0.15, 0.2) is 33.6 Å². The van der Waals surface area contributed by atoms with Gasteiger partial charge < -0.3 is 4.74 Å². The highest BCUT2D eigenvalue weighted by molar-refractivity contribution is 9.10. The van der Waals surface area contributed by atoms with Crippen LogP contribution in [0.2, 0.25) is 0 Å². The molecule has 5 heteroatoms. The fraction of sp³-hybridized carbons (Fsp3) is 0.533. The first kappa shape index (κ1) is 15.9. The molecule has 1 atom stereocenters. The first-order valence-corrected chi connectivity index (χ1v) is 8.56. The predicted molar refractivity (Wildman–Crippen MR) is 86.1 cm³/mol. The molecule has 20 heavy (non-hydrogen) atoms. The number of ether oxygens (including phenoxy) is 1. The van der Waals surface area contributed by atoms with Gasteiger partial charge in [0.05, 0.1) is 7.11 Å². The summed E-state index contributed by atoms with van der Waals surface area (Å²) in [6, 6.07) is 8.62. The summed E-state index contributed by atoms with van der Waals surface area (Å²) in [6.07, 6.45) is 3.07. The molecule has 0 radical (unpaired) electrons. The number of halogens is 1. The number of carbonyl (C=O) groups excluding carboxylic acids is 1. The molecule has 0 saturated heterocycles. The van der Waals surface area contributed by atoms with Gasteiger partial charge in [-0.3, -0.25) is 10.1 Å². The maximum atomic E-state index is 12.0. The van der Waals surface area contributed by atoms with Crippen molar-refractivity contribution in [2.24, 2.45) is 0 Å². The van der Waals surface area contributed by atoms with Crippen molar-refractivity contribution in [2.45, 2.75) is 42.7 Å². The summed E-state index contributed by atoms with van der Waals surface area (Å²) in [5.41, 5.74) is -0.579. The zero-order valence-electron chi connectivity index (χ0n) is 11.8. The zero-order chi connectivity index (χ0) is 14.6. The third kappa shape index (κ3) is 4.24. The number of rotatable bonds is 7. The van der Waals surface area contributed by atoms with E-state index in [4.69, 9.17) is 4.74 Å². The van der Waals surface area contributed by atoms with Crippen molar-refractivity contribution in [1.29, 1.82) is 0 Å². The summed E-state index contributed by atoms with van der Waals surface area (Å²) in [6.45, 7) is 1.94.